The van der Waals surface area contributed by atoms with Crippen LogP contribution in [0.1, 0.15) is 37.0 Å². The van der Waals surface area contributed by atoms with Gasteiger partial charge < -0.3 is 15.4 Å². The fourth-order valence-electron chi connectivity index (χ4n) is 2.15. The van der Waals surface area contributed by atoms with Crippen LogP contribution >= 0.6 is 0 Å². The summed E-state index contributed by atoms with van der Waals surface area (Å²) < 4.78 is 5.43. The number of rotatable bonds is 4. The van der Waals surface area contributed by atoms with E-state index in [1.165, 1.54) is 0 Å². The standard InChI is InChI=1S/C15H22N2O2/c1-11(2)16-15(18)12-5-7-13(8-6-12)17-14-4-3-9-19-10-14/h5-8,11,14,17H,3-4,9-10H2,1-2H3,(H,16,18). The fraction of sp³-hybridized carbons (Fsp3) is 0.533. The number of carbonyl (C=O) groups excluding carboxylic acids is 1. The van der Waals surface area contributed by atoms with Gasteiger partial charge in [-0.25, -0.2) is 0 Å². The number of hydrogen-bond donors (Lipinski definition) is 2. The van der Waals surface area contributed by atoms with Gasteiger partial charge in [-0.2, -0.15) is 0 Å². The van der Waals surface area contributed by atoms with Crippen molar-refractivity contribution in [3.05, 3.63) is 29.8 Å². The van der Waals surface area contributed by atoms with Gasteiger partial charge >= 0.3 is 0 Å². The minimum atomic E-state index is -0.0254. The second kappa shape index (κ2) is 6.57. The lowest BCUT2D eigenvalue weighted by Crippen LogP contribution is -2.30. The van der Waals surface area contributed by atoms with E-state index in [0.29, 0.717) is 11.6 Å². The molecule has 4 nitrogen and oxygen atoms in total. The van der Waals surface area contributed by atoms with Crippen LogP contribution < -0.4 is 10.6 Å². The van der Waals surface area contributed by atoms with Crippen molar-refractivity contribution in [2.45, 2.75) is 38.8 Å². The van der Waals surface area contributed by atoms with Gasteiger partial charge in [-0.15, -0.1) is 0 Å². The maximum Gasteiger partial charge on any atom is 0.251 e. The van der Waals surface area contributed by atoms with Gasteiger partial charge in [0.05, 0.1) is 6.61 Å². The van der Waals surface area contributed by atoms with Crippen LogP contribution in [0.2, 0.25) is 0 Å². The SMILES string of the molecule is CC(C)NC(=O)c1ccc(NC2CCCOC2)cc1. The van der Waals surface area contributed by atoms with Gasteiger partial charge in [-0.1, -0.05) is 0 Å². The Hall–Kier alpha value is -1.55. The molecule has 1 unspecified atom stereocenters. The van der Waals surface area contributed by atoms with Crippen LogP contribution in [0.15, 0.2) is 24.3 Å². The smallest absolute Gasteiger partial charge is 0.251 e. The first-order chi connectivity index (χ1) is 9.15. The number of anilines is 1. The van der Waals surface area contributed by atoms with E-state index in [1.807, 2.05) is 38.1 Å². The molecule has 0 saturated carbocycles. The summed E-state index contributed by atoms with van der Waals surface area (Å²) in [7, 11) is 0. The number of hydrogen-bond acceptors (Lipinski definition) is 3. The highest BCUT2D eigenvalue weighted by atomic mass is 16.5. The number of carbonyl (C=O) groups is 1. The maximum absolute atomic E-state index is 11.8. The first-order valence-corrected chi connectivity index (χ1v) is 6.90. The Morgan fingerprint density at radius 3 is 2.63 bits per heavy atom. The van der Waals surface area contributed by atoms with Crippen molar-refractivity contribution in [1.29, 1.82) is 0 Å². The maximum atomic E-state index is 11.8. The molecule has 1 aromatic carbocycles. The highest BCUT2D eigenvalue weighted by molar-refractivity contribution is 5.94. The normalized spacial score (nSPS) is 19.2. The zero-order valence-corrected chi connectivity index (χ0v) is 11.6. The lowest BCUT2D eigenvalue weighted by molar-refractivity contribution is 0.0876. The molecule has 104 valence electrons. The summed E-state index contributed by atoms with van der Waals surface area (Å²) in [5.41, 5.74) is 1.73. The summed E-state index contributed by atoms with van der Waals surface area (Å²) in [5, 5.41) is 6.31. The molecule has 1 fully saturated rings. The van der Waals surface area contributed by atoms with Crippen LogP contribution in [0.5, 0.6) is 0 Å². The molecular formula is C15H22N2O2. The molecular weight excluding hydrogens is 240 g/mol. The van der Waals surface area contributed by atoms with Gasteiger partial charge in [0.25, 0.3) is 5.91 Å². The molecule has 0 spiro atoms. The molecule has 0 bridgehead atoms. The van der Waals surface area contributed by atoms with Crippen molar-refractivity contribution in [3.8, 4) is 0 Å². The van der Waals surface area contributed by atoms with Crippen LogP contribution in [0, 0.1) is 0 Å². The zero-order valence-electron chi connectivity index (χ0n) is 11.6. The lowest BCUT2D eigenvalue weighted by Gasteiger charge is -2.24. The average Bonchev–Trinajstić information content (AvgIpc) is 2.40. The summed E-state index contributed by atoms with van der Waals surface area (Å²) in [5.74, 6) is -0.0254. The molecule has 1 heterocycles. The molecule has 2 N–H and O–H groups in total. The van der Waals surface area contributed by atoms with Crippen LogP contribution in [0.25, 0.3) is 0 Å². The van der Waals surface area contributed by atoms with Crippen LogP contribution in [0.3, 0.4) is 0 Å². The predicted molar refractivity (Wildman–Crippen MR) is 76.5 cm³/mol. The summed E-state index contributed by atoms with van der Waals surface area (Å²) in [6, 6.07) is 8.13. The molecule has 1 atom stereocenters. The van der Waals surface area contributed by atoms with E-state index in [-0.39, 0.29) is 11.9 Å². The Bertz CT molecular complexity index is 409. The van der Waals surface area contributed by atoms with Crippen molar-refractivity contribution < 1.29 is 9.53 Å². The molecule has 0 aliphatic carbocycles. The third kappa shape index (κ3) is 4.24. The highest BCUT2D eigenvalue weighted by Crippen LogP contribution is 2.15. The third-order valence-corrected chi connectivity index (χ3v) is 3.10. The molecule has 0 aromatic heterocycles. The number of ether oxygens (including phenoxy) is 1. The molecule has 19 heavy (non-hydrogen) atoms. The molecule has 1 saturated heterocycles. The van der Waals surface area contributed by atoms with Crippen LogP contribution in [-0.2, 0) is 4.74 Å². The van der Waals surface area contributed by atoms with E-state index in [4.69, 9.17) is 4.74 Å². The van der Waals surface area contributed by atoms with E-state index < -0.39 is 0 Å². The molecule has 1 amide bonds. The first kappa shape index (κ1) is 13.9. The van der Waals surface area contributed by atoms with E-state index in [1.54, 1.807) is 0 Å². The predicted octanol–water partition coefficient (Wildman–Crippen LogP) is 2.42. The minimum absolute atomic E-state index is 0.0254. The average molecular weight is 262 g/mol. The summed E-state index contributed by atoms with van der Waals surface area (Å²) >= 11 is 0. The summed E-state index contributed by atoms with van der Waals surface area (Å²) in [6.45, 7) is 5.54. The quantitative estimate of drug-likeness (QED) is 0.876. The zero-order chi connectivity index (χ0) is 13.7. The summed E-state index contributed by atoms with van der Waals surface area (Å²) in [6.07, 6.45) is 2.24. The third-order valence-electron chi connectivity index (χ3n) is 3.10. The van der Waals surface area contributed by atoms with E-state index >= 15 is 0 Å². The van der Waals surface area contributed by atoms with Crippen LogP contribution in [-0.4, -0.2) is 31.2 Å². The molecule has 2 rings (SSSR count). The molecule has 1 aliphatic rings. The van der Waals surface area contributed by atoms with Gasteiger partial charge in [-0.3, -0.25) is 4.79 Å². The Balaban J connectivity index is 1.92. The van der Waals surface area contributed by atoms with Gasteiger partial charge in [-0.05, 0) is 51.0 Å². The van der Waals surface area contributed by atoms with Crippen molar-refractivity contribution in [2.75, 3.05) is 18.5 Å². The van der Waals surface area contributed by atoms with Crippen molar-refractivity contribution >= 4 is 11.6 Å². The second-order valence-electron chi connectivity index (χ2n) is 5.26. The fourth-order valence-corrected chi connectivity index (χ4v) is 2.15. The molecule has 0 radical (unpaired) electrons. The highest BCUT2D eigenvalue weighted by Gasteiger charge is 2.13. The monoisotopic (exact) mass is 262 g/mol. The van der Waals surface area contributed by atoms with Crippen molar-refractivity contribution in [1.82, 2.24) is 5.32 Å². The minimum Gasteiger partial charge on any atom is -0.380 e. The van der Waals surface area contributed by atoms with E-state index in [2.05, 4.69) is 10.6 Å². The Labute approximate surface area is 114 Å². The van der Waals surface area contributed by atoms with Crippen molar-refractivity contribution in [3.63, 3.8) is 0 Å². The largest absolute Gasteiger partial charge is 0.380 e. The lowest BCUT2D eigenvalue weighted by atomic mass is 10.1. The Morgan fingerprint density at radius 2 is 2.05 bits per heavy atom. The summed E-state index contributed by atoms with van der Waals surface area (Å²) in [4.78, 5) is 11.8. The Morgan fingerprint density at radius 1 is 1.32 bits per heavy atom. The first-order valence-electron chi connectivity index (χ1n) is 6.90. The number of nitrogens with one attached hydrogen (secondary N) is 2. The number of benzene rings is 1. The van der Waals surface area contributed by atoms with Gasteiger partial charge in [0.15, 0.2) is 0 Å². The van der Waals surface area contributed by atoms with E-state index in [9.17, 15) is 4.79 Å². The second-order valence-corrected chi connectivity index (χ2v) is 5.26. The molecule has 4 heteroatoms. The van der Waals surface area contributed by atoms with Gasteiger partial charge in [0, 0.05) is 29.9 Å². The Kier molecular flexibility index (Phi) is 4.80. The van der Waals surface area contributed by atoms with E-state index in [0.717, 1.165) is 31.7 Å². The van der Waals surface area contributed by atoms with Gasteiger partial charge in [0.1, 0.15) is 0 Å². The van der Waals surface area contributed by atoms with Crippen LogP contribution in [0.4, 0.5) is 5.69 Å². The molecule has 1 aromatic rings. The molecule has 1 aliphatic heterocycles. The number of amides is 1. The van der Waals surface area contributed by atoms with Crippen molar-refractivity contribution in [2.24, 2.45) is 0 Å². The van der Waals surface area contributed by atoms with Gasteiger partial charge in [0.2, 0.25) is 0 Å². The topological polar surface area (TPSA) is 50.4 Å².